The van der Waals surface area contributed by atoms with Crippen LogP contribution in [0.2, 0.25) is 0 Å². The fourth-order valence-corrected chi connectivity index (χ4v) is 2.06. The summed E-state index contributed by atoms with van der Waals surface area (Å²) in [5.41, 5.74) is 7.07. The van der Waals surface area contributed by atoms with E-state index in [4.69, 9.17) is 5.73 Å². The molecule has 0 aromatic carbocycles. The van der Waals surface area contributed by atoms with Crippen molar-refractivity contribution in [3.63, 3.8) is 0 Å². The number of hydrogen-bond donors (Lipinski definition) is 1. The smallest absolute Gasteiger partial charge is 0.0947 e. The molecule has 0 saturated carbocycles. The zero-order valence-electron chi connectivity index (χ0n) is 9.21. The van der Waals surface area contributed by atoms with E-state index in [1.54, 1.807) is 10.9 Å². The summed E-state index contributed by atoms with van der Waals surface area (Å²) in [4.78, 5) is 0. The largest absolute Gasteiger partial charge is 0.326 e. The second-order valence-corrected chi connectivity index (χ2v) is 4.81. The SMILES string of the molecule is CC(N)C(c1cnn(C)c1)n1cc(Br)cn1. The first kappa shape index (κ1) is 11.3. The first-order chi connectivity index (χ1) is 7.58. The molecular formula is C10H14BrN5. The molecule has 0 aliphatic rings. The minimum Gasteiger partial charge on any atom is -0.326 e. The molecule has 5 nitrogen and oxygen atoms in total. The van der Waals surface area contributed by atoms with E-state index in [0.717, 1.165) is 10.0 Å². The van der Waals surface area contributed by atoms with E-state index in [9.17, 15) is 0 Å². The van der Waals surface area contributed by atoms with E-state index in [1.165, 1.54) is 0 Å². The Hall–Kier alpha value is -1.14. The van der Waals surface area contributed by atoms with Gasteiger partial charge in [-0.1, -0.05) is 0 Å². The van der Waals surface area contributed by atoms with Crippen molar-refractivity contribution < 1.29 is 0 Å². The molecule has 2 unspecified atom stereocenters. The van der Waals surface area contributed by atoms with E-state index in [0.29, 0.717) is 0 Å². The van der Waals surface area contributed by atoms with E-state index < -0.39 is 0 Å². The van der Waals surface area contributed by atoms with Crippen LogP contribution in [0.4, 0.5) is 0 Å². The molecule has 0 saturated heterocycles. The van der Waals surface area contributed by atoms with Crippen molar-refractivity contribution in [2.75, 3.05) is 0 Å². The summed E-state index contributed by atoms with van der Waals surface area (Å²) in [6.07, 6.45) is 7.46. The Bertz CT molecular complexity index is 433. The third-order valence-electron chi connectivity index (χ3n) is 2.42. The summed E-state index contributed by atoms with van der Waals surface area (Å²) >= 11 is 3.38. The van der Waals surface area contributed by atoms with E-state index >= 15 is 0 Å². The Kier molecular flexibility index (Phi) is 3.11. The molecule has 0 aliphatic carbocycles. The number of hydrogen-bond acceptors (Lipinski definition) is 3. The average Bonchev–Trinajstić information content (AvgIpc) is 2.76. The minimum absolute atomic E-state index is 0.0139. The van der Waals surface area contributed by atoms with Crippen LogP contribution in [0.1, 0.15) is 18.5 Å². The van der Waals surface area contributed by atoms with E-state index in [2.05, 4.69) is 26.1 Å². The van der Waals surface area contributed by atoms with Crippen LogP contribution in [0.5, 0.6) is 0 Å². The molecule has 16 heavy (non-hydrogen) atoms. The van der Waals surface area contributed by atoms with E-state index in [-0.39, 0.29) is 12.1 Å². The van der Waals surface area contributed by atoms with Gasteiger partial charge in [0.05, 0.1) is 22.9 Å². The summed E-state index contributed by atoms with van der Waals surface area (Å²) in [6, 6.07) is -0.0176. The van der Waals surface area contributed by atoms with Gasteiger partial charge in [0, 0.05) is 31.0 Å². The summed E-state index contributed by atoms with van der Waals surface area (Å²) < 4.78 is 4.57. The molecule has 2 heterocycles. The zero-order valence-corrected chi connectivity index (χ0v) is 10.8. The van der Waals surface area contributed by atoms with Gasteiger partial charge in [-0.3, -0.25) is 9.36 Å². The summed E-state index contributed by atoms with van der Waals surface area (Å²) in [6.45, 7) is 1.97. The van der Waals surface area contributed by atoms with Crippen LogP contribution in [0.15, 0.2) is 29.3 Å². The van der Waals surface area contributed by atoms with Crippen molar-refractivity contribution in [1.29, 1.82) is 0 Å². The maximum atomic E-state index is 6.01. The molecule has 0 amide bonds. The van der Waals surface area contributed by atoms with Crippen LogP contribution in [0.3, 0.4) is 0 Å². The van der Waals surface area contributed by atoms with Crippen molar-refractivity contribution >= 4 is 15.9 Å². The fourth-order valence-electron chi connectivity index (χ4n) is 1.76. The van der Waals surface area contributed by atoms with E-state index in [1.807, 2.05) is 37.2 Å². The van der Waals surface area contributed by atoms with Gasteiger partial charge in [-0.15, -0.1) is 0 Å². The number of aryl methyl sites for hydroxylation is 1. The highest BCUT2D eigenvalue weighted by molar-refractivity contribution is 9.10. The van der Waals surface area contributed by atoms with Gasteiger partial charge < -0.3 is 5.73 Å². The molecule has 0 fully saturated rings. The third-order valence-corrected chi connectivity index (χ3v) is 2.83. The molecule has 0 spiro atoms. The topological polar surface area (TPSA) is 61.7 Å². The molecule has 0 aliphatic heterocycles. The van der Waals surface area contributed by atoms with Crippen LogP contribution in [0, 0.1) is 0 Å². The standard InChI is InChI=1S/C10H14BrN5/c1-7(12)10(8-3-13-15(2)5-8)16-6-9(11)4-14-16/h3-7,10H,12H2,1-2H3. The number of rotatable bonds is 3. The molecule has 0 radical (unpaired) electrons. The molecule has 2 N–H and O–H groups in total. The highest BCUT2D eigenvalue weighted by atomic mass is 79.9. The summed E-state index contributed by atoms with van der Waals surface area (Å²) in [5.74, 6) is 0. The van der Waals surface area contributed by atoms with Crippen molar-refractivity contribution in [2.45, 2.75) is 19.0 Å². The second-order valence-electron chi connectivity index (χ2n) is 3.89. The van der Waals surface area contributed by atoms with Crippen molar-refractivity contribution in [3.8, 4) is 0 Å². The molecule has 86 valence electrons. The maximum Gasteiger partial charge on any atom is 0.0947 e. The molecule has 2 aromatic heterocycles. The van der Waals surface area contributed by atoms with Gasteiger partial charge in [0.25, 0.3) is 0 Å². The molecular weight excluding hydrogens is 270 g/mol. The van der Waals surface area contributed by atoms with Crippen LogP contribution >= 0.6 is 15.9 Å². The van der Waals surface area contributed by atoms with Gasteiger partial charge in [-0.25, -0.2) is 0 Å². The van der Waals surface area contributed by atoms with Gasteiger partial charge >= 0.3 is 0 Å². The average molecular weight is 284 g/mol. The minimum atomic E-state index is -0.0315. The molecule has 2 aromatic rings. The van der Waals surface area contributed by atoms with Gasteiger partial charge in [0.2, 0.25) is 0 Å². The highest BCUT2D eigenvalue weighted by Crippen LogP contribution is 2.21. The monoisotopic (exact) mass is 283 g/mol. The van der Waals surface area contributed by atoms with Gasteiger partial charge in [0.1, 0.15) is 0 Å². The zero-order chi connectivity index (χ0) is 11.7. The van der Waals surface area contributed by atoms with Crippen LogP contribution in [-0.2, 0) is 7.05 Å². The Labute approximate surface area is 102 Å². The summed E-state index contributed by atoms with van der Waals surface area (Å²) in [5, 5.41) is 8.44. The maximum absolute atomic E-state index is 6.01. The third kappa shape index (κ3) is 2.17. The first-order valence-electron chi connectivity index (χ1n) is 5.01. The van der Waals surface area contributed by atoms with Gasteiger partial charge in [-0.2, -0.15) is 10.2 Å². The molecule has 0 bridgehead atoms. The lowest BCUT2D eigenvalue weighted by molar-refractivity contribution is 0.453. The van der Waals surface area contributed by atoms with Crippen LogP contribution in [0.25, 0.3) is 0 Å². The molecule has 2 rings (SSSR count). The number of nitrogens with zero attached hydrogens (tertiary/aromatic N) is 4. The van der Waals surface area contributed by atoms with Crippen molar-refractivity contribution in [3.05, 3.63) is 34.8 Å². The summed E-state index contributed by atoms with van der Waals surface area (Å²) in [7, 11) is 1.89. The number of aromatic nitrogens is 4. The lowest BCUT2D eigenvalue weighted by Gasteiger charge is -2.19. The molecule has 2 atom stereocenters. The van der Waals surface area contributed by atoms with Crippen molar-refractivity contribution in [1.82, 2.24) is 19.6 Å². The second kappa shape index (κ2) is 4.39. The predicted octanol–water partition coefficient (Wildman–Crippen LogP) is 1.32. The number of halogens is 1. The lowest BCUT2D eigenvalue weighted by Crippen LogP contribution is -2.30. The normalized spacial score (nSPS) is 15.0. The molecule has 6 heteroatoms. The highest BCUT2D eigenvalue weighted by Gasteiger charge is 2.20. The number of nitrogens with two attached hydrogens (primary N) is 1. The Morgan fingerprint density at radius 1 is 1.31 bits per heavy atom. The van der Waals surface area contributed by atoms with Crippen LogP contribution in [-0.4, -0.2) is 25.6 Å². The fraction of sp³-hybridized carbons (Fsp3) is 0.400. The van der Waals surface area contributed by atoms with Gasteiger partial charge in [-0.05, 0) is 22.9 Å². The Morgan fingerprint density at radius 2 is 2.06 bits per heavy atom. The van der Waals surface area contributed by atoms with Gasteiger partial charge in [0.15, 0.2) is 0 Å². The van der Waals surface area contributed by atoms with Crippen molar-refractivity contribution in [2.24, 2.45) is 12.8 Å². The Balaban J connectivity index is 2.38. The van der Waals surface area contributed by atoms with Crippen LogP contribution < -0.4 is 5.73 Å². The first-order valence-corrected chi connectivity index (χ1v) is 5.81. The lowest BCUT2D eigenvalue weighted by atomic mass is 10.1. The quantitative estimate of drug-likeness (QED) is 0.924. The Morgan fingerprint density at radius 3 is 2.50 bits per heavy atom. The predicted molar refractivity (Wildman–Crippen MR) is 64.9 cm³/mol.